The number of anilines is 3. The van der Waals surface area contributed by atoms with Gasteiger partial charge in [0.25, 0.3) is 0 Å². The van der Waals surface area contributed by atoms with E-state index >= 15 is 0 Å². The first-order valence-corrected chi connectivity index (χ1v) is 8.21. The molecule has 1 aromatic heterocycles. The van der Waals surface area contributed by atoms with Crippen LogP contribution in [-0.4, -0.2) is 34.6 Å². The fraction of sp³-hybridized carbons (Fsp3) is 0.800. The van der Waals surface area contributed by atoms with Gasteiger partial charge in [-0.15, -0.1) is 0 Å². The third-order valence-electron chi connectivity index (χ3n) is 4.64. The number of nitrogens with one attached hydrogen (secondary N) is 1. The second-order valence-electron chi connectivity index (χ2n) is 6.21. The Morgan fingerprint density at radius 3 is 2.24 bits per heavy atom. The van der Waals surface area contributed by atoms with Crippen LogP contribution < -0.4 is 16.0 Å². The van der Waals surface area contributed by atoms with Crippen molar-refractivity contribution in [1.29, 1.82) is 0 Å². The smallest absolute Gasteiger partial charge is 0.231 e. The molecule has 2 saturated carbocycles. The summed E-state index contributed by atoms with van der Waals surface area (Å²) in [5.41, 5.74) is 5.83. The highest BCUT2D eigenvalue weighted by atomic mass is 15.3. The number of nitrogens with two attached hydrogens (primary N) is 1. The van der Waals surface area contributed by atoms with Crippen molar-refractivity contribution >= 4 is 17.8 Å². The molecule has 3 N–H and O–H groups in total. The number of nitrogens with zero attached hydrogens (tertiary/aromatic N) is 4. The van der Waals surface area contributed by atoms with Crippen LogP contribution in [-0.2, 0) is 0 Å². The molecule has 21 heavy (non-hydrogen) atoms. The third-order valence-corrected chi connectivity index (χ3v) is 4.64. The summed E-state index contributed by atoms with van der Waals surface area (Å²) < 4.78 is 0. The van der Waals surface area contributed by atoms with Gasteiger partial charge >= 0.3 is 0 Å². The van der Waals surface area contributed by atoms with E-state index in [4.69, 9.17) is 5.73 Å². The van der Waals surface area contributed by atoms with Gasteiger partial charge < -0.3 is 16.0 Å². The Balaban J connectivity index is 1.66. The summed E-state index contributed by atoms with van der Waals surface area (Å²) in [7, 11) is 0. The molecular weight excluding hydrogens is 264 g/mol. The average Bonchev–Trinajstić information content (AvgIpc) is 3.34. The molecule has 2 fully saturated rings. The van der Waals surface area contributed by atoms with Gasteiger partial charge in [-0.05, 0) is 57.3 Å². The van der Waals surface area contributed by atoms with Gasteiger partial charge in [0, 0.05) is 19.6 Å². The highest BCUT2D eigenvalue weighted by Gasteiger charge is 2.41. The highest BCUT2D eigenvalue weighted by molar-refractivity contribution is 5.41. The quantitative estimate of drug-likeness (QED) is 0.763. The van der Waals surface area contributed by atoms with Gasteiger partial charge in [-0.25, -0.2) is 0 Å². The molecule has 6 heteroatoms. The summed E-state index contributed by atoms with van der Waals surface area (Å²) in [5.74, 6) is 4.22. The predicted octanol–water partition coefficient (Wildman–Crippen LogP) is 2.15. The maximum Gasteiger partial charge on any atom is 0.231 e. The summed E-state index contributed by atoms with van der Waals surface area (Å²) in [6.45, 7) is 6.88. The van der Waals surface area contributed by atoms with Crippen LogP contribution in [0, 0.1) is 17.8 Å². The molecule has 0 unspecified atom stereocenters. The second-order valence-corrected chi connectivity index (χ2v) is 6.21. The molecule has 0 bridgehead atoms. The minimum atomic E-state index is 0.295. The van der Waals surface area contributed by atoms with E-state index in [0.29, 0.717) is 17.8 Å². The van der Waals surface area contributed by atoms with E-state index in [-0.39, 0.29) is 0 Å². The van der Waals surface area contributed by atoms with E-state index in [2.05, 4.69) is 39.0 Å². The molecule has 2 aliphatic carbocycles. The van der Waals surface area contributed by atoms with Crippen molar-refractivity contribution < 1.29 is 0 Å². The van der Waals surface area contributed by atoms with Crippen LogP contribution in [0.15, 0.2) is 0 Å². The molecule has 0 saturated heterocycles. The lowest BCUT2D eigenvalue weighted by atomic mass is 9.98. The van der Waals surface area contributed by atoms with Crippen molar-refractivity contribution in [3.05, 3.63) is 0 Å². The third kappa shape index (κ3) is 3.54. The molecule has 116 valence electrons. The normalized spacial score (nSPS) is 18.0. The lowest BCUT2D eigenvalue weighted by molar-refractivity contribution is 0.427. The number of rotatable bonds is 8. The lowest BCUT2D eigenvalue weighted by Crippen LogP contribution is -2.26. The van der Waals surface area contributed by atoms with E-state index in [1.54, 1.807) is 0 Å². The van der Waals surface area contributed by atoms with E-state index in [9.17, 15) is 0 Å². The van der Waals surface area contributed by atoms with E-state index < -0.39 is 0 Å². The SMILES string of the molecule is CCN(CC)c1nc(N)nc(NCC(C2CC2)C2CC2)n1. The first-order chi connectivity index (χ1) is 10.2. The Morgan fingerprint density at radius 1 is 1.10 bits per heavy atom. The molecule has 2 aliphatic rings. The van der Waals surface area contributed by atoms with Gasteiger partial charge in [0.2, 0.25) is 17.8 Å². The van der Waals surface area contributed by atoms with Gasteiger partial charge in [0.1, 0.15) is 0 Å². The summed E-state index contributed by atoms with van der Waals surface area (Å²) in [5, 5.41) is 3.40. The number of aromatic nitrogens is 3. The number of nitrogen functional groups attached to an aromatic ring is 1. The molecule has 0 atom stereocenters. The van der Waals surface area contributed by atoms with Crippen molar-refractivity contribution in [2.45, 2.75) is 39.5 Å². The second kappa shape index (κ2) is 6.03. The van der Waals surface area contributed by atoms with Crippen molar-refractivity contribution in [1.82, 2.24) is 15.0 Å². The molecule has 0 amide bonds. The summed E-state index contributed by atoms with van der Waals surface area (Å²) in [6.07, 6.45) is 5.58. The van der Waals surface area contributed by atoms with Crippen LogP contribution in [0.25, 0.3) is 0 Å². The average molecular weight is 290 g/mol. The molecule has 0 aliphatic heterocycles. The largest absolute Gasteiger partial charge is 0.368 e. The zero-order valence-electron chi connectivity index (χ0n) is 13.0. The lowest BCUT2D eigenvalue weighted by Gasteiger charge is -2.20. The topological polar surface area (TPSA) is 80.0 Å². The van der Waals surface area contributed by atoms with Crippen LogP contribution >= 0.6 is 0 Å². The highest BCUT2D eigenvalue weighted by Crippen LogP contribution is 2.49. The first kappa shape index (κ1) is 14.4. The van der Waals surface area contributed by atoms with Crippen molar-refractivity contribution in [3.63, 3.8) is 0 Å². The fourth-order valence-electron chi connectivity index (χ4n) is 3.08. The summed E-state index contributed by atoms with van der Waals surface area (Å²) in [4.78, 5) is 15.1. The number of hydrogen-bond acceptors (Lipinski definition) is 6. The van der Waals surface area contributed by atoms with E-state index in [1.807, 2.05) is 0 Å². The minimum absolute atomic E-state index is 0.295. The van der Waals surface area contributed by atoms with Gasteiger partial charge in [0.05, 0.1) is 0 Å². The van der Waals surface area contributed by atoms with E-state index in [1.165, 1.54) is 25.7 Å². The Morgan fingerprint density at radius 2 is 1.71 bits per heavy atom. The van der Waals surface area contributed by atoms with E-state index in [0.717, 1.165) is 37.4 Å². The molecule has 3 rings (SSSR count). The van der Waals surface area contributed by atoms with Gasteiger partial charge in [-0.3, -0.25) is 0 Å². The molecule has 1 heterocycles. The van der Waals surface area contributed by atoms with Gasteiger partial charge in [0.15, 0.2) is 0 Å². The number of hydrogen-bond donors (Lipinski definition) is 2. The Labute approximate surface area is 126 Å². The Hall–Kier alpha value is -1.59. The standard InChI is InChI=1S/C15H26N6/c1-3-21(4-2)15-19-13(16)18-14(20-15)17-9-12(10-5-6-10)11-7-8-11/h10-12H,3-9H2,1-2H3,(H3,16,17,18,19,20). The van der Waals surface area contributed by atoms with Crippen molar-refractivity contribution in [2.75, 3.05) is 35.6 Å². The fourth-order valence-corrected chi connectivity index (χ4v) is 3.08. The Bertz CT molecular complexity index is 467. The summed E-state index contributed by atoms with van der Waals surface area (Å²) in [6, 6.07) is 0. The van der Waals surface area contributed by atoms with Gasteiger partial charge in [-0.2, -0.15) is 15.0 Å². The molecule has 0 aromatic carbocycles. The first-order valence-electron chi connectivity index (χ1n) is 8.21. The Kier molecular flexibility index (Phi) is 4.12. The predicted molar refractivity (Wildman–Crippen MR) is 85.2 cm³/mol. The zero-order chi connectivity index (χ0) is 14.8. The van der Waals surface area contributed by atoms with Crippen molar-refractivity contribution in [3.8, 4) is 0 Å². The van der Waals surface area contributed by atoms with Crippen LogP contribution in [0.3, 0.4) is 0 Å². The van der Waals surface area contributed by atoms with Crippen LogP contribution in [0.1, 0.15) is 39.5 Å². The minimum Gasteiger partial charge on any atom is -0.368 e. The van der Waals surface area contributed by atoms with Crippen LogP contribution in [0.2, 0.25) is 0 Å². The summed E-state index contributed by atoms with van der Waals surface area (Å²) >= 11 is 0. The van der Waals surface area contributed by atoms with Gasteiger partial charge in [-0.1, -0.05) is 0 Å². The molecule has 0 radical (unpaired) electrons. The van der Waals surface area contributed by atoms with Crippen LogP contribution in [0.5, 0.6) is 0 Å². The molecule has 0 spiro atoms. The maximum atomic E-state index is 5.83. The van der Waals surface area contributed by atoms with Crippen molar-refractivity contribution in [2.24, 2.45) is 17.8 Å². The van der Waals surface area contributed by atoms with Crippen LogP contribution in [0.4, 0.5) is 17.8 Å². The molecule has 1 aromatic rings. The maximum absolute atomic E-state index is 5.83. The monoisotopic (exact) mass is 290 g/mol. The molecule has 6 nitrogen and oxygen atoms in total. The zero-order valence-corrected chi connectivity index (χ0v) is 13.0. The molecular formula is C15H26N6.